The van der Waals surface area contributed by atoms with Crippen molar-refractivity contribution in [2.75, 3.05) is 17.2 Å². The standard InChI is InChI=1S/C27H22ClF2N5O2/c28-18-6-4-5-17(13-18)15-31-26-33-24-11-12-34(27(37)32-19-9-10-22(29)23(30)14-19)16-21(24)25(36)35(26)20-7-2-1-3-8-20/h1-10,13-14H,11-12,15-16H2,(H,31,33)(H,32,37). The summed E-state index contributed by atoms with van der Waals surface area (Å²) in [7, 11) is 0. The van der Waals surface area contributed by atoms with Gasteiger partial charge in [-0.3, -0.25) is 4.79 Å². The van der Waals surface area contributed by atoms with E-state index in [9.17, 15) is 18.4 Å². The van der Waals surface area contributed by atoms with Crippen LogP contribution in [0.4, 0.5) is 25.2 Å². The molecule has 7 nitrogen and oxygen atoms in total. The number of nitrogens with zero attached hydrogens (tertiary/aromatic N) is 3. The summed E-state index contributed by atoms with van der Waals surface area (Å²) in [5.74, 6) is -1.68. The predicted octanol–water partition coefficient (Wildman–Crippen LogP) is 5.37. The fourth-order valence-corrected chi connectivity index (χ4v) is 4.40. The molecule has 1 aliphatic rings. The zero-order valence-corrected chi connectivity index (χ0v) is 20.3. The summed E-state index contributed by atoms with van der Waals surface area (Å²) < 4.78 is 28.3. The fourth-order valence-electron chi connectivity index (χ4n) is 4.19. The van der Waals surface area contributed by atoms with E-state index < -0.39 is 17.7 Å². The van der Waals surface area contributed by atoms with Crippen LogP contribution in [0.15, 0.2) is 77.6 Å². The van der Waals surface area contributed by atoms with Crippen molar-refractivity contribution in [2.24, 2.45) is 0 Å². The van der Waals surface area contributed by atoms with Crippen LogP contribution in [0.25, 0.3) is 5.69 Å². The zero-order chi connectivity index (χ0) is 25.9. The number of anilines is 2. The molecule has 0 bridgehead atoms. The summed E-state index contributed by atoms with van der Waals surface area (Å²) in [6, 6.07) is 19.1. The molecule has 2 N–H and O–H groups in total. The summed E-state index contributed by atoms with van der Waals surface area (Å²) in [6.45, 7) is 0.734. The van der Waals surface area contributed by atoms with E-state index in [0.29, 0.717) is 47.4 Å². The van der Waals surface area contributed by atoms with E-state index in [1.54, 1.807) is 18.2 Å². The van der Waals surface area contributed by atoms with Gasteiger partial charge in [0.05, 0.1) is 23.5 Å². The van der Waals surface area contributed by atoms with Crippen LogP contribution >= 0.6 is 11.6 Å². The largest absolute Gasteiger partial charge is 0.351 e. The zero-order valence-electron chi connectivity index (χ0n) is 19.5. The Balaban J connectivity index is 1.44. The Kier molecular flexibility index (Phi) is 6.87. The van der Waals surface area contributed by atoms with Crippen molar-refractivity contribution in [3.8, 4) is 5.69 Å². The van der Waals surface area contributed by atoms with Gasteiger partial charge in [-0.05, 0) is 42.0 Å². The molecule has 0 fully saturated rings. The molecule has 4 aromatic rings. The average Bonchev–Trinajstić information content (AvgIpc) is 2.90. The molecule has 0 saturated heterocycles. The maximum Gasteiger partial charge on any atom is 0.322 e. The van der Waals surface area contributed by atoms with Gasteiger partial charge in [-0.1, -0.05) is 41.9 Å². The van der Waals surface area contributed by atoms with E-state index in [0.717, 1.165) is 17.7 Å². The molecule has 0 radical (unpaired) electrons. The Morgan fingerprint density at radius 2 is 1.81 bits per heavy atom. The van der Waals surface area contributed by atoms with E-state index in [4.69, 9.17) is 16.6 Å². The number of halogens is 3. The van der Waals surface area contributed by atoms with E-state index in [1.807, 2.05) is 36.4 Å². The molecule has 0 atom stereocenters. The van der Waals surface area contributed by atoms with E-state index in [1.165, 1.54) is 15.5 Å². The number of hydrogen-bond acceptors (Lipinski definition) is 4. The minimum absolute atomic E-state index is 0.0259. The number of nitrogens with one attached hydrogen (secondary N) is 2. The van der Waals surface area contributed by atoms with Gasteiger partial charge < -0.3 is 15.5 Å². The summed E-state index contributed by atoms with van der Waals surface area (Å²) in [5.41, 5.74) is 2.37. The number of para-hydroxylation sites is 1. The number of hydrogen-bond donors (Lipinski definition) is 2. The normalized spacial score (nSPS) is 12.7. The van der Waals surface area contributed by atoms with Crippen molar-refractivity contribution in [3.63, 3.8) is 0 Å². The number of benzene rings is 3. The first kappa shape index (κ1) is 24.5. The molecule has 0 saturated carbocycles. The Bertz CT molecular complexity index is 1530. The molecule has 2 heterocycles. The summed E-state index contributed by atoms with van der Waals surface area (Å²) in [6.07, 6.45) is 0.358. The second kappa shape index (κ2) is 10.4. The van der Waals surface area contributed by atoms with Crippen molar-refractivity contribution >= 4 is 29.3 Å². The lowest BCUT2D eigenvalue weighted by Crippen LogP contribution is -2.43. The monoisotopic (exact) mass is 521 g/mol. The minimum atomic E-state index is -1.06. The van der Waals surface area contributed by atoms with Crippen molar-refractivity contribution < 1.29 is 13.6 Å². The summed E-state index contributed by atoms with van der Waals surface area (Å²) in [5, 5.41) is 6.43. The van der Waals surface area contributed by atoms with Gasteiger partial charge in [0.1, 0.15) is 0 Å². The Morgan fingerprint density at radius 3 is 2.57 bits per heavy atom. The lowest BCUT2D eigenvalue weighted by atomic mass is 10.1. The van der Waals surface area contributed by atoms with Gasteiger partial charge in [0.2, 0.25) is 5.95 Å². The number of urea groups is 1. The van der Waals surface area contributed by atoms with Crippen LogP contribution in [0.3, 0.4) is 0 Å². The maximum atomic E-state index is 13.7. The highest BCUT2D eigenvalue weighted by molar-refractivity contribution is 6.30. The van der Waals surface area contributed by atoms with Crippen molar-refractivity contribution in [3.05, 3.63) is 117 Å². The molecule has 0 spiro atoms. The molecular formula is C27H22ClF2N5O2. The van der Waals surface area contributed by atoms with Crippen molar-refractivity contribution in [2.45, 2.75) is 19.5 Å². The number of aromatic nitrogens is 2. The molecule has 188 valence electrons. The second-order valence-corrected chi connectivity index (χ2v) is 8.99. The van der Waals surface area contributed by atoms with Crippen molar-refractivity contribution in [1.82, 2.24) is 14.5 Å². The molecular weight excluding hydrogens is 500 g/mol. The second-order valence-electron chi connectivity index (χ2n) is 8.55. The minimum Gasteiger partial charge on any atom is -0.351 e. The van der Waals surface area contributed by atoms with Crippen LogP contribution in [0.1, 0.15) is 16.8 Å². The average molecular weight is 522 g/mol. The molecule has 0 unspecified atom stereocenters. The molecule has 2 amide bonds. The molecule has 1 aromatic heterocycles. The Labute approximate surface area is 216 Å². The number of amides is 2. The SMILES string of the molecule is O=C(Nc1ccc(F)c(F)c1)N1CCc2nc(NCc3cccc(Cl)c3)n(-c3ccccc3)c(=O)c2C1. The van der Waals surface area contributed by atoms with Gasteiger partial charge in [-0.15, -0.1) is 0 Å². The highest BCUT2D eigenvalue weighted by atomic mass is 35.5. The van der Waals surface area contributed by atoms with Crippen LogP contribution < -0.4 is 16.2 Å². The van der Waals surface area contributed by atoms with Crippen LogP contribution in [0.2, 0.25) is 5.02 Å². The number of carbonyl (C=O) groups is 1. The fraction of sp³-hybridized carbons (Fsp3) is 0.148. The number of rotatable bonds is 5. The molecule has 3 aromatic carbocycles. The quantitative estimate of drug-likeness (QED) is 0.370. The Morgan fingerprint density at radius 1 is 1.00 bits per heavy atom. The first-order valence-corrected chi connectivity index (χ1v) is 12.0. The number of fused-ring (bicyclic) bond motifs is 1. The summed E-state index contributed by atoms with van der Waals surface area (Å²) in [4.78, 5) is 32.8. The van der Waals surface area contributed by atoms with Crippen LogP contribution in [0, 0.1) is 11.6 Å². The Hall–Kier alpha value is -4.24. The van der Waals surface area contributed by atoms with Gasteiger partial charge in [0.25, 0.3) is 5.56 Å². The summed E-state index contributed by atoms with van der Waals surface area (Å²) >= 11 is 6.11. The smallest absolute Gasteiger partial charge is 0.322 e. The highest BCUT2D eigenvalue weighted by Gasteiger charge is 2.27. The maximum absolute atomic E-state index is 13.7. The molecule has 1 aliphatic heterocycles. The first-order chi connectivity index (χ1) is 17.9. The van der Waals surface area contributed by atoms with E-state index in [2.05, 4.69) is 10.6 Å². The third kappa shape index (κ3) is 5.31. The molecule has 10 heteroatoms. The third-order valence-electron chi connectivity index (χ3n) is 6.04. The topological polar surface area (TPSA) is 79.3 Å². The van der Waals surface area contributed by atoms with Crippen LogP contribution in [-0.4, -0.2) is 27.0 Å². The highest BCUT2D eigenvalue weighted by Crippen LogP contribution is 2.22. The van der Waals surface area contributed by atoms with Crippen LogP contribution in [0.5, 0.6) is 0 Å². The van der Waals surface area contributed by atoms with Gasteiger partial charge in [-0.25, -0.2) is 23.1 Å². The number of carbonyl (C=O) groups excluding carboxylic acids is 1. The van der Waals surface area contributed by atoms with E-state index in [-0.39, 0.29) is 17.8 Å². The predicted molar refractivity (Wildman–Crippen MR) is 138 cm³/mol. The van der Waals surface area contributed by atoms with Gasteiger partial charge in [0.15, 0.2) is 11.6 Å². The molecule has 0 aliphatic carbocycles. The third-order valence-corrected chi connectivity index (χ3v) is 6.28. The molecule has 5 rings (SSSR count). The lowest BCUT2D eigenvalue weighted by molar-refractivity contribution is 0.205. The first-order valence-electron chi connectivity index (χ1n) is 11.6. The van der Waals surface area contributed by atoms with Gasteiger partial charge in [0, 0.05) is 36.3 Å². The van der Waals surface area contributed by atoms with Crippen LogP contribution in [-0.2, 0) is 19.5 Å². The van der Waals surface area contributed by atoms with E-state index >= 15 is 0 Å². The van der Waals surface area contributed by atoms with Crippen molar-refractivity contribution in [1.29, 1.82) is 0 Å². The van der Waals surface area contributed by atoms with Gasteiger partial charge in [-0.2, -0.15) is 0 Å². The lowest BCUT2D eigenvalue weighted by Gasteiger charge is -2.29. The van der Waals surface area contributed by atoms with Gasteiger partial charge >= 0.3 is 6.03 Å². The molecule has 37 heavy (non-hydrogen) atoms.